The number of amidine groups is 1. The first-order chi connectivity index (χ1) is 17.4. The van der Waals surface area contributed by atoms with Gasteiger partial charge in [-0.15, -0.1) is 5.10 Å². The van der Waals surface area contributed by atoms with Crippen molar-refractivity contribution in [2.45, 2.75) is 18.9 Å². The molecular weight excluding hydrogens is 465 g/mol. The predicted octanol–water partition coefficient (Wildman–Crippen LogP) is 2.91. The molecule has 5 rings (SSSR count). The van der Waals surface area contributed by atoms with Gasteiger partial charge in [0.15, 0.2) is 29.0 Å². The maximum atomic E-state index is 14.4. The summed E-state index contributed by atoms with van der Waals surface area (Å²) in [5.74, 6) is 0.600. The first-order valence-electron chi connectivity index (χ1n) is 11.3. The molecule has 184 valence electrons. The summed E-state index contributed by atoms with van der Waals surface area (Å²) >= 11 is 0. The van der Waals surface area contributed by atoms with E-state index in [1.54, 1.807) is 31.4 Å². The molecule has 1 aliphatic rings. The van der Waals surface area contributed by atoms with Crippen LogP contribution in [0.3, 0.4) is 0 Å². The summed E-state index contributed by atoms with van der Waals surface area (Å²) in [6.45, 7) is 0.611. The standard InChI is InChI=1S/C25H24FN7O3/c1-35-19-13-16(12-15-4-3-11-36-21(15)19)20(30-17-8-6-14(7-9-17)22(27)28)23-31-25(34)33(32-23)24-18(26)5-2-10-29-24/h2,5-10,12-13,20,30H,3-4,11H2,1H3,(H3,27,28)(H,31,32,34). The fourth-order valence-corrected chi connectivity index (χ4v) is 4.16. The van der Waals surface area contributed by atoms with Crippen LogP contribution >= 0.6 is 0 Å². The van der Waals surface area contributed by atoms with E-state index in [0.29, 0.717) is 29.4 Å². The Morgan fingerprint density at radius 1 is 1.31 bits per heavy atom. The van der Waals surface area contributed by atoms with Crippen LogP contribution in [0, 0.1) is 11.2 Å². The minimum Gasteiger partial charge on any atom is -0.493 e. The van der Waals surface area contributed by atoms with Gasteiger partial charge >= 0.3 is 5.69 Å². The number of methoxy groups -OCH3 is 1. The Morgan fingerprint density at radius 2 is 2.11 bits per heavy atom. The van der Waals surface area contributed by atoms with Gasteiger partial charge < -0.3 is 20.5 Å². The van der Waals surface area contributed by atoms with Crippen molar-refractivity contribution < 1.29 is 13.9 Å². The minimum atomic E-state index is -0.672. The largest absolute Gasteiger partial charge is 0.493 e. The number of H-pyrrole nitrogens is 1. The van der Waals surface area contributed by atoms with Crippen LogP contribution in [0.15, 0.2) is 59.5 Å². The first-order valence-corrected chi connectivity index (χ1v) is 11.3. The summed E-state index contributed by atoms with van der Waals surface area (Å²) in [5.41, 5.74) is 7.95. The van der Waals surface area contributed by atoms with Gasteiger partial charge in [0.25, 0.3) is 0 Å². The van der Waals surface area contributed by atoms with Gasteiger partial charge in [0.1, 0.15) is 11.9 Å². The number of benzene rings is 2. The first kappa shape index (κ1) is 23.1. The minimum absolute atomic E-state index is 0.0435. The Hall–Kier alpha value is -4.67. The molecule has 11 heteroatoms. The molecule has 0 aliphatic carbocycles. The summed E-state index contributed by atoms with van der Waals surface area (Å²) in [5, 5.41) is 15.4. The molecule has 0 fully saturated rings. The number of nitrogens with two attached hydrogens (primary N) is 1. The third kappa shape index (κ3) is 4.38. The van der Waals surface area contributed by atoms with E-state index in [4.69, 9.17) is 20.6 Å². The predicted molar refractivity (Wildman–Crippen MR) is 132 cm³/mol. The topological polar surface area (TPSA) is 144 Å². The number of nitrogens with one attached hydrogen (secondary N) is 3. The molecule has 1 atom stereocenters. The lowest BCUT2D eigenvalue weighted by Gasteiger charge is -2.24. The van der Waals surface area contributed by atoms with Crippen LogP contribution in [0.25, 0.3) is 5.82 Å². The summed E-state index contributed by atoms with van der Waals surface area (Å²) < 4.78 is 26.7. The average Bonchev–Trinajstić information content (AvgIpc) is 3.27. The number of aryl methyl sites for hydroxylation is 1. The van der Waals surface area contributed by atoms with Gasteiger partial charge in [0.05, 0.1) is 13.7 Å². The maximum Gasteiger partial charge on any atom is 0.349 e. The molecule has 0 saturated heterocycles. The monoisotopic (exact) mass is 489 g/mol. The molecule has 0 amide bonds. The molecule has 10 nitrogen and oxygen atoms in total. The Morgan fingerprint density at radius 3 is 2.83 bits per heavy atom. The average molecular weight is 490 g/mol. The summed E-state index contributed by atoms with van der Waals surface area (Å²) in [7, 11) is 1.57. The fourth-order valence-electron chi connectivity index (χ4n) is 4.16. The van der Waals surface area contributed by atoms with Gasteiger partial charge in [-0.25, -0.2) is 14.2 Å². The lowest BCUT2D eigenvalue weighted by atomic mass is 9.97. The number of anilines is 1. The molecule has 36 heavy (non-hydrogen) atoms. The number of fused-ring (bicyclic) bond motifs is 1. The van der Waals surface area contributed by atoms with Crippen molar-refractivity contribution in [3.63, 3.8) is 0 Å². The molecule has 1 unspecified atom stereocenters. The molecule has 5 N–H and O–H groups in total. The molecule has 0 spiro atoms. The normalized spacial score (nSPS) is 13.4. The third-order valence-electron chi connectivity index (χ3n) is 5.90. The molecule has 4 aromatic rings. The van der Waals surface area contributed by atoms with Crippen LogP contribution in [0.2, 0.25) is 0 Å². The number of nitrogen functional groups attached to an aromatic ring is 1. The van der Waals surface area contributed by atoms with Crippen molar-refractivity contribution in [2.24, 2.45) is 5.73 Å². The van der Waals surface area contributed by atoms with Crippen LogP contribution in [0.5, 0.6) is 11.5 Å². The van der Waals surface area contributed by atoms with Gasteiger partial charge in [0, 0.05) is 17.4 Å². The van der Waals surface area contributed by atoms with Crippen molar-refractivity contribution >= 4 is 11.5 Å². The molecular formula is C25H24FN7O3. The Bertz CT molecular complexity index is 1460. The highest BCUT2D eigenvalue weighted by molar-refractivity contribution is 5.95. The van der Waals surface area contributed by atoms with Gasteiger partial charge in [-0.05, 0) is 72.5 Å². The molecule has 1 aliphatic heterocycles. The summed E-state index contributed by atoms with van der Waals surface area (Å²) in [4.78, 5) is 19.5. The summed E-state index contributed by atoms with van der Waals surface area (Å²) in [6.07, 6.45) is 3.07. The quantitative estimate of drug-likeness (QED) is 0.231. The molecule has 0 saturated carbocycles. The number of ether oxygens (including phenoxy) is 2. The van der Waals surface area contributed by atoms with E-state index in [-0.39, 0.29) is 17.5 Å². The molecule has 0 bridgehead atoms. The van der Waals surface area contributed by atoms with Crippen LogP contribution < -0.4 is 26.2 Å². The van der Waals surface area contributed by atoms with Crippen molar-refractivity contribution in [1.82, 2.24) is 19.7 Å². The smallest absolute Gasteiger partial charge is 0.349 e. The van der Waals surface area contributed by atoms with E-state index in [1.165, 1.54) is 18.3 Å². The van der Waals surface area contributed by atoms with Crippen LogP contribution in [0.1, 0.15) is 35.0 Å². The van der Waals surface area contributed by atoms with Crippen LogP contribution in [-0.2, 0) is 6.42 Å². The molecule has 0 radical (unpaired) electrons. The fraction of sp³-hybridized carbons (Fsp3) is 0.200. The van der Waals surface area contributed by atoms with Crippen LogP contribution in [0.4, 0.5) is 10.1 Å². The van der Waals surface area contributed by atoms with Gasteiger partial charge in [0.2, 0.25) is 0 Å². The van der Waals surface area contributed by atoms with Crippen molar-refractivity contribution in [3.8, 4) is 17.3 Å². The zero-order valence-corrected chi connectivity index (χ0v) is 19.4. The number of aromatic nitrogens is 4. The molecule has 3 heterocycles. The number of nitrogens with zero attached hydrogens (tertiary/aromatic N) is 3. The van der Waals surface area contributed by atoms with E-state index < -0.39 is 17.5 Å². The highest BCUT2D eigenvalue weighted by Crippen LogP contribution is 2.39. The maximum absolute atomic E-state index is 14.4. The van der Waals surface area contributed by atoms with Crippen molar-refractivity contribution in [2.75, 3.05) is 19.0 Å². The Balaban J connectivity index is 1.62. The SMILES string of the molecule is COc1cc(C(Nc2ccc(C(=N)N)cc2)c2nn(-c3ncccc3F)c(=O)[nH]2)cc2c1OCCC2. The zero-order chi connectivity index (χ0) is 25.2. The third-order valence-corrected chi connectivity index (χ3v) is 5.90. The van der Waals surface area contributed by atoms with Gasteiger partial charge in [-0.3, -0.25) is 10.4 Å². The van der Waals surface area contributed by atoms with E-state index in [2.05, 4.69) is 20.4 Å². The highest BCUT2D eigenvalue weighted by atomic mass is 19.1. The number of rotatable bonds is 7. The highest BCUT2D eigenvalue weighted by Gasteiger charge is 2.25. The summed E-state index contributed by atoms with van der Waals surface area (Å²) in [6, 6.07) is 12.8. The Kier molecular flexibility index (Phi) is 6.11. The molecule has 2 aromatic heterocycles. The van der Waals surface area contributed by atoms with Crippen molar-refractivity contribution in [3.05, 3.63) is 93.5 Å². The van der Waals surface area contributed by atoms with E-state index in [9.17, 15) is 9.18 Å². The number of hydrogen-bond acceptors (Lipinski definition) is 7. The second kappa shape index (κ2) is 9.53. The van der Waals surface area contributed by atoms with Gasteiger partial charge in [-0.2, -0.15) is 4.68 Å². The number of pyridine rings is 1. The van der Waals surface area contributed by atoms with E-state index >= 15 is 0 Å². The lowest BCUT2D eigenvalue weighted by Crippen LogP contribution is -2.18. The second-order valence-electron chi connectivity index (χ2n) is 8.27. The van der Waals surface area contributed by atoms with E-state index in [1.807, 2.05) is 12.1 Å². The number of hydrogen-bond donors (Lipinski definition) is 4. The Labute approximate surface area is 205 Å². The molecule has 2 aromatic carbocycles. The number of halogens is 1. The van der Waals surface area contributed by atoms with Crippen molar-refractivity contribution in [1.29, 1.82) is 5.41 Å². The zero-order valence-electron chi connectivity index (χ0n) is 19.4. The lowest BCUT2D eigenvalue weighted by molar-refractivity contribution is 0.269. The second-order valence-corrected chi connectivity index (χ2v) is 8.27. The number of aromatic amines is 1. The van der Waals surface area contributed by atoms with E-state index in [0.717, 1.165) is 28.7 Å². The van der Waals surface area contributed by atoms with Crippen LogP contribution in [-0.4, -0.2) is 39.3 Å². The van der Waals surface area contributed by atoms with Gasteiger partial charge in [-0.1, -0.05) is 0 Å².